The molecule has 2 rings (SSSR count). The largest absolute Gasteiger partial charge is 0.379 e. The second-order valence-corrected chi connectivity index (χ2v) is 4.48. The first-order valence-corrected chi connectivity index (χ1v) is 6.32. The summed E-state index contributed by atoms with van der Waals surface area (Å²) in [6, 6.07) is 1.65. The van der Waals surface area contributed by atoms with Crippen molar-refractivity contribution in [2.75, 3.05) is 31.5 Å². The van der Waals surface area contributed by atoms with Crippen LogP contribution in [-0.4, -0.2) is 41.0 Å². The highest BCUT2D eigenvalue weighted by Gasteiger charge is 2.13. The topological polar surface area (TPSA) is 71.3 Å². The van der Waals surface area contributed by atoms with Crippen LogP contribution < -0.4 is 5.32 Å². The van der Waals surface area contributed by atoms with Crippen molar-refractivity contribution >= 4 is 11.4 Å². The van der Waals surface area contributed by atoms with Gasteiger partial charge in [0.25, 0.3) is 0 Å². The molecule has 0 unspecified atom stereocenters. The van der Waals surface area contributed by atoms with Crippen molar-refractivity contribution in [2.24, 2.45) is 0 Å². The van der Waals surface area contributed by atoms with Gasteiger partial charge in [0.1, 0.15) is 11.9 Å². The molecule has 1 aromatic rings. The van der Waals surface area contributed by atoms with Crippen LogP contribution in [0.3, 0.4) is 0 Å². The molecule has 1 aliphatic rings. The first kappa shape index (κ1) is 12.8. The molecule has 1 saturated heterocycles. The van der Waals surface area contributed by atoms with E-state index in [0.29, 0.717) is 5.69 Å². The van der Waals surface area contributed by atoms with Crippen LogP contribution in [0.15, 0.2) is 18.5 Å². The number of nitrogens with one attached hydrogen (secondary N) is 1. The van der Waals surface area contributed by atoms with E-state index in [1.807, 2.05) is 0 Å². The van der Waals surface area contributed by atoms with Crippen LogP contribution in [0, 0.1) is 10.1 Å². The zero-order valence-corrected chi connectivity index (χ0v) is 10.3. The van der Waals surface area contributed by atoms with Gasteiger partial charge in [0.05, 0.1) is 4.92 Å². The van der Waals surface area contributed by atoms with Gasteiger partial charge >= 0.3 is 5.69 Å². The highest BCUT2D eigenvalue weighted by atomic mass is 16.6. The minimum absolute atomic E-state index is 0.0404. The second-order valence-electron chi connectivity index (χ2n) is 4.48. The van der Waals surface area contributed by atoms with Gasteiger partial charge in [-0.2, -0.15) is 0 Å². The Morgan fingerprint density at radius 1 is 1.44 bits per heavy atom. The van der Waals surface area contributed by atoms with Crippen LogP contribution in [0.2, 0.25) is 0 Å². The fraction of sp³-hybridized carbons (Fsp3) is 0.583. The molecular formula is C12H18N4O2. The third kappa shape index (κ3) is 3.40. The van der Waals surface area contributed by atoms with Crippen LogP contribution >= 0.6 is 0 Å². The fourth-order valence-corrected chi connectivity index (χ4v) is 2.21. The summed E-state index contributed by atoms with van der Waals surface area (Å²) >= 11 is 0. The standard InChI is InChI=1S/C12H18N4O2/c17-16(18)12-10-13-6-4-11(12)14-5-3-9-15-7-1-2-8-15/h4,6,10H,1-3,5,7-9H2,(H,13,14). The second kappa shape index (κ2) is 6.30. The van der Waals surface area contributed by atoms with E-state index in [4.69, 9.17) is 0 Å². The number of likely N-dealkylation sites (tertiary alicyclic amines) is 1. The van der Waals surface area contributed by atoms with E-state index >= 15 is 0 Å². The van der Waals surface area contributed by atoms with Gasteiger partial charge in [-0.1, -0.05) is 0 Å². The van der Waals surface area contributed by atoms with Crippen LogP contribution in [-0.2, 0) is 0 Å². The number of hydrogen-bond donors (Lipinski definition) is 1. The number of hydrogen-bond acceptors (Lipinski definition) is 5. The number of pyridine rings is 1. The summed E-state index contributed by atoms with van der Waals surface area (Å²) in [4.78, 5) is 16.6. The lowest BCUT2D eigenvalue weighted by atomic mass is 10.3. The molecule has 1 N–H and O–H groups in total. The number of rotatable bonds is 6. The van der Waals surface area contributed by atoms with Crippen LogP contribution in [0.25, 0.3) is 0 Å². The normalized spacial score (nSPS) is 15.8. The monoisotopic (exact) mass is 250 g/mol. The highest BCUT2D eigenvalue weighted by Crippen LogP contribution is 2.21. The molecular weight excluding hydrogens is 232 g/mol. The van der Waals surface area contributed by atoms with Crippen LogP contribution in [0.4, 0.5) is 11.4 Å². The van der Waals surface area contributed by atoms with E-state index in [0.717, 1.165) is 19.5 Å². The van der Waals surface area contributed by atoms with E-state index in [2.05, 4.69) is 15.2 Å². The number of nitro groups is 1. The van der Waals surface area contributed by atoms with Crippen molar-refractivity contribution in [2.45, 2.75) is 19.3 Å². The molecule has 0 amide bonds. The average molecular weight is 250 g/mol. The van der Waals surface area contributed by atoms with E-state index < -0.39 is 4.92 Å². The fourth-order valence-electron chi connectivity index (χ4n) is 2.21. The molecule has 0 bridgehead atoms. The van der Waals surface area contributed by atoms with E-state index in [-0.39, 0.29) is 5.69 Å². The maximum Gasteiger partial charge on any atom is 0.310 e. The first-order chi connectivity index (χ1) is 8.77. The molecule has 1 fully saturated rings. The molecule has 0 atom stereocenters. The third-order valence-corrected chi connectivity index (χ3v) is 3.16. The molecule has 2 heterocycles. The lowest BCUT2D eigenvalue weighted by Crippen LogP contribution is -2.22. The van der Waals surface area contributed by atoms with Crippen molar-refractivity contribution in [1.29, 1.82) is 0 Å². The Hall–Kier alpha value is -1.69. The van der Waals surface area contributed by atoms with Gasteiger partial charge in [0, 0.05) is 12.7 Å². The minimum Gasteiger partial charge on any atom is -0.379 e. The Morgan fingerprint density at radius 2 is 2.22 bits per heavy atom. The molecule has 0 spiro atoms. The van der Waals surface area contributed by atoms with Gasteiger partial charge in [-0.25, -0.2) is 0 Å². The third-order valence-electron chi connectivity index (χ3n) is 3.16. The van der Waals surface area contributed by atoms with E-state index in [1.165, 1.54) is 32.1 Å². The molecule has 0 aromatic carbocycles. The van der Waals surface area contributed by atoms with Gasteiger partial charge in [-0.15, -0.1) is 0 Å². The van der Waals surface area contributed by atoms with Crippen LogP contribution in [0.1, 0.15) is 19.3 Å². The molecule has 6 heteroatoms. The molecule has 1 aliphatic heterocycles. The maximum absolute atomic E-state index is 10.8. The first-order valence-electron chi connectivity index (χ1n) is 6.32. The molecule has 98 valence electrons. The Balaban J connectivity index is 1.77. The summed E-state index contributed by atoms with van der Waals surface area (Å²) < 4.78 is 0. The van der Waals surface area contributed by atoms with Crippen molar-refractivity contribution in [3.63, 3.8) is 0 Å². The Labute approximate surface area is 106 Å². The van der Waals surface area contributed by atoms with Gasteiger partial charge in [-0.3, -0.25) is 15.1 Å². The number of nitrogens with zero attached hydrogens (tertiary/aromatic N) is 3. The summed E-state index contributed by atoms with van der Waals surface area (Å²) in [5.74, 6) is 0. The molecule has 6 nitrogen and oxygen atoms in total. The molecule has 0 aliphatic carbocycles. The SMILES string of the molecule is O=[N+]([O-])c1cnccc1NCCCN1CCCC1. The lowest BCUT2D eigenvalue weighted by Gasteiger charge is -2.14. The predicted molar refractivity (Wildman–Crippen MR) is 69.7 cm³/mol. The van der Waals surface area contributed by atoms with Crippen molar-refractivity contribution in [3.05, 3.63) is 28.6 Å². The van der Waals surface area contributed by atoms with Crippen molar-refractivity contribution in [3.8, 4) is 0 Å². The summed E-state index contributed by atoms with van der Waals surface area (Å²) in [5, 5.41) is 13.9. The Morgan fingerprint density at radius 3 is 2.94 bits per heavy atom. The summed E-state index contributed by atoms with van der Waals surface area (Å²) in [7, 11) is 0. The molecule has 0 saturated carbocycles. The predicted octanol–water partition coefficient (Wildman–Crippen LogP) is 1.89. The smallest absolute Gasteiger partial charge is 0.310 e. The van der Waals surface area contributed by atoms with Gasteiger partial charge in [0.15, 0.2) is 0 Å². The van der Waals surface area contributed by atoms with Gasteiger partial charge < -0.3 is 10.2 Å². The lowest BCUT2D eigenvalue weighted by molar-refractivity contribution is -0.384. The summed E-state index contributed by atoms with van der Waals surface area (Å²) in [5.41, 5.74) is 0.593. The summed E-state index contributed by atoms with van der Waals surface area (Å²) in [6.45, 7) is 4.19. The van der Waals surface area contributed by atoms with Crippen molar-refractivity contribution < 1.29 is 4.92 Å². The van der Waals surface area contributed by atoms with E-state index in [1.54, 1.807) is 12.3 Å². The quantitative estimate of drug-likeness (QED) is 0.474. The maximum atomic E-state index is 10.8. The van der Waals surface area contributed by atoms with Crippen molar-refractivity contribution in [1.82, 2.24) is 9.88 Å². The Bertz CT molecular complexity index is 405. The van der Waals surface area contributed by atoms with Gasteiger partial charge in [0.2, 0.25) is 0 Å². The van der Waals surface area contributed by atoms with Crippen LogP contribution in [0.5, 0.6) is 0 Å². The molecule has 18 heavy (non-hydrogen) atoms. The Kier molecular flexibility index (Phi) is 4.46. The number of aromatic nitrogens is 1. The molecule has 0 radical (unpaired) electrons. The molecule has 1 aromatic heterocycles. The highest BCUT2D eigenvalue weighted by molar-refractivity contribution is 5.59. The number of anilines is 1. The zero-order valence-electron chi connectivity index (χ0n) is 10.3. The zero-order chi connectivity index (χ0) is 12.8. The minimum atomic E-state index is -0.407. The van der Waals surface area contributed by atoms with Gasteiger partial charge in [-0.05, 0) is 45.0 Å². The van der Waals surface area contributed by atoms with E-state index in [9.17, 15) is 10.1 Å². The summed E-state index contributed by atoms with van der Waals surface area (Å²) in [6.07, 6.45) is 6.44. The average Bonchev–Trinajstić information content (AvgIpc) is 2.88.